The number of aromatic nitrogens is 1. The van der Waals surface area contributed by atoms with Crippen LogP contribution in [0.3, 0.4) is 0 Å². The van der Waals surface area contributed by atoms with E-state index in [1.165, 1.54) is 25.4 Å². The van der Waals surface area contributed by atoms with Crippen LogP contribution in [0.25, 0.3) is 10.9 Å². The fraction of sp³-hybridized carbons (Fsp3) is 0.200. The van der Waals surface area contributed by atoms with E-state index in [9.17, 15) is 19.5 Å². The Morgan fingerprint density at radius 1 is 0.953 bits per heavy atom. The van der Waals surface area contributed by atoms with Gasteiger partial charge >= 0.3 is 51.4 Å². The molecule has 2 N–H and O–H groups in total. The van der Waals surface area contributed by atoms with Crippen LogP contribution in [0.15, 0.2) is 66.9 Å². The molecule has 1 aromatic heterocycles. The van der Waals surface area contributed by atoms with E-state index < -0.39 is 29.0 Å². The molecule has 0 spiro atoms. The topological polar surface area (TPSA) is 139 Å². The average Bonchev–Trinajstić information content (AvgIpc) is 3.77. The molecule has 0 aliphatic heterocycles. The molecular weight excluding hydrogens is 608 g/mol. The Kier molecular flexibility index (Phi) is 10.6. The van der Waals surface area contributed by atoms with Gasteiger partial charge in [0.05, 0.1) is 19.2 Å². The van der Waals surface area contributed by atoms with Crippen molar-refractivity contribution in [3.63, 3.8) is 0 Å². The van der Waals surface area contributed by atoms with Gasteiger partial charge in [-0.15, -0.1) is 0 Å². The SMILES string of the molecule is COc1cc2c(Oc3ccc(NC(=O)C4(C(=O)Nc5cccc(Cl)c5)CC4)cc3F)ccnc2cc1OCCC(=O)[O-].[K+]. The number of carbonyl (C=O) groups is 3. The number of nitrogens with one attached hydrogen (secondary N) is 2. The van der Waals surface area contributed by atoms with Crippen LogP contribution < -0.4 is 81.3 Å². The molecule has 1 fully saturated rings. The van der Waals surface area contributed by atoms with Crippen molar-refractivity contribution in [2.75, 3.05) is 24.4 Å². The molecule has 13 heteroatoms. The molecule has 0 unspecified atom stereocenters. The summed E-state index contributed by atoms with van der Waals surface area (Å²) in [6, 6.07) is 15.2. The summed E-state index contributed by atoms with van der Waals surface area (Å²) in [5, 5.41) is 17.0. The van der Waals surface area contributed by atoms with Crippen LogP contribution in [0.2, 0.25) is 5.02 Å². The Bertz CT molecular complexity index is 1700. The Labute approximate surface area is 293 Å². The van der Waals surface area contributed by atoms with Gasteiger partial charge in [-0.1, -0.05) is 17.7 Å². The Morgan fingerprint density at radius 3 is 2.30 bits per heavy atom. The number of carboxylic acids is 1. The number of hydrogen-bond donors (Lipinski definition) is 2. The predicted octanol–water partition coefficient (Wildman–Crippen LogP) is 1.71. The fourth-order valence-corrected chi connectivity index (χ4v) is 4.45. The summed E-state index contributed by atoms with van der Waals surface area (Å²) in [4.78, 5) is 40.8. The first-order valence-corrected chi connectivity index (χ1v) is 13.2. The number of carboxylic acid groups (broad SMARTS) is 1. The zero-order valence-corrected chi connectivity index (χ0v) is 27.1. The van der Waals surface area contributed by atoms with E-state index in [1.54, 1.807) is 42.5 Å². The van der Waals surface area contributed by atoms with Crippen molar-refractivity contribution in [1.82, 2.24) is 4.98 Å². The molecule has 0 saturated heterocycles. The van der Waals surface area contributed by atoms with Crippen molar-refractivity contribution >= 4 is 51.7 Å². The summed E-state index contributed by atoms with van der Waals surface area (Å²) in [5.41, 5.74) is -0.186. The average molecular weight is 632 g/mol. The largest absolute Gasteiger partial charge is 1.00 e. The van der Waals surface area contributed by atoms with Crippen molar-refractivity contribution < 1.29 is 89.5 Å². The van der Waals surface area contributed by atoms with Crippen molar-refractivity contribution in [1.29, 1.82) is 0 Å². The standard InChI is InChI=1S/C30H25ClFN3O7.K/c1-40-25-15-20-22(16-26(25)41-12-8-27(36)37)33-11-7-23(20)42-24-6-5-19(14-21(24)32)35-29(39)30(9-10-30)28(38)34-18-4-2-3-17(31)13-18;/h2-7,11,13-16H,8-10,12H2,1H3,(H,34,38)(H,35,39)(H,36,37);/q;+1/p-1. The third-order valence-corrected chi connectivity index (χ3v) is 6.90. The molecular formula is C30H24ClFKN3O7. The minimum absolute atomic E-state index is 0. The quantitative estimate of drug-likeness (QED) is 0.188. The van der Waals surface area contributed by atoms with E-state index in [0.717, 1.165) is 6.07 Å². The molecule has 43 heavy (non-hydrogen) atoms. The van der Waals surface area contributed by atoms with Gasteiger partial charge in [0.2, 0.25) is 11.8 Å². The molecule has 4 aromatic rings. The number of anilines is 2. The van der Waals surface area contributed by atoms with Crippen LogP contribution >= 0.6 is 11.6 Å². The van der Waals surface area contributed by atoms with Crippen LogP contribution in [-0.2, 0) is 14.4 Å². The van der Waals surface area contributed by atoms with Crippen LogP contribution in [0, 0.1) is 11.2 Å². The molecule has 1 saturated carbocycles. The summed E-state index contributed by atoms with van der Waals surface area (Å²) in [6.07, 6.45) is 1.88. The van der Waals surface area contributed by atoms with Gasteiger partial charge in [-0.25, -0.2) is 4.39 Å². The van der Waals surface area contributed by atoms with E-state index in [-0.39, 0.29) is 87.3 Å². The van der Waals surface area contributed by atoms with Crippen molar-refractivity contribution in [3.8, 4) is 23.0 Å². The van der Waals surface area contributed by atoms with Gasteiger partial charge in [0.1, 0.15) is 11.2 Å². The van der Waals surface area contributed by atoms with E-state index in [2.05, 4.69) is 15.6 Å². The number of benzene rings is 3. The predicted molar refractivity (Wildman–Crippen MR) is 150 cm³/mol. The number of nitrogens with zero attached hydrogens (tertiary/aromatic N) is 1. The van der Waals surface area contributed by atoms with Crippen LogP contribution in [0.5, 0.6) is 23.0 Å². The van der Waals surface area contributed by atoms with Crippen LogP contribution in [-0.4, -0.2) is 36.5 Å². The van der Waals surface area contributed by atoms with Gasteiger partial charge in [0.15, 0.2) is 23.1 Å². The Morgan fingerprint density at radius 2 is 1.67 bits per heavy atom. The minimum atomic E-state index is -1.25. The number of methoxy groups -OCH3 is 1. The second-order valence-corrected chi connectivity index (χ2v) is 9.98. The van der Waals surface area contributed by atoms with Crippen molar-refractivity contribution in [2.45, 2.75) is 19.3 Å². The van der Waals surface area contributed by atoms with Crippen LogP contribution in [0.1, 0.15) is 19.3 Å². The molecule has 1 heterocycles. The second kappa shape index (κ2) is 14.0. The maximum atomic E-state index is 15.1. The number of rotatable bonds is 11. The molecule has 5 rings (SSSR count). The van der Waals surface area contributed by atoms with Gasteiger partial charge in [0, 0.05) is 52.5 Å². The maximum absolute atomic E-state index is 15.1. The number of aliphatic carboxylic acids is 1. The number of fused-ring (bicyclic) bond motifs is 1. The van der Waals surface area contributed by atoms with Gasteiger partial charge in [-0.2, -0.15) is 0 Å². The number of ether oxygens (including phenoxy) is 3. The third kappa shape index (κ3) is 7.64. The first-order valence-electron chi connectivity index (χ1n) is 12.8. The monoisotopic (exact) mass is 631 g/mol. The maximum Gasteiger partial charge on any atom is 1.00 e. The van der Waals surface area contributed by atoms with Gasteiger partial charge < -0.3 is 34.7 Å². The third-order valence-electron chi connectivity index (χ3n) is 6.66. The molecule has 1 aliphatic carbocycles. The van der Waals surface area contributed by atoms with Gasteiger partial charge in [0.25, 0.3) is 0 Å². The molecule has 1 aliphatic rings. The molecule has 0 bridgehead atoms. The smallest absolute Gasteiger partial charge is 0.550 e. The molecule has 0 atom stereocenters. The molecule has 2 amide bonds. The second-order valence-electron chi connectivity index (χ2n) is 9.55. The van der Waals surface area contributed by atoms with Gasteiger partial charge in [-0.05, 0) is 55.3 Å². The summed E-state index contributed by atoms with van der Waals surface area (Å²) >= 11 is 5.97. The van der Waals surface area contributed by atoms with E-state index in [0.29, 0.717) is 40.2 Å². The fourth-order valence-electron chi connectivity index (χ4n) is 4.26. The van der Waals surface area contributed by atoms with Crippen molar-refractivity contribution in [3.05, 3.63) is 77.7 Å². The Balaban J connectivity index is 0.00000423. The zero-order valence-electron chi connectivity index (χ0n) is 23.2. The molecule has 10 nitrogen and oxygen atoms in total. The Hall–Kier alpha value is -3.26. The summed E-state index contributed by atoms with van der Waals surface area (Å²) in [5.74, 6) is -2.28. The van der Waals surface area contributed by atoms with E-state index in [1.807, 2.05) is 0 Å². The summed E-state index contributed by atoms with van der Waals surface area (Å²) in [6.45, 7) is -0.123. The number of halogens is 2. The number of amides is 2. The van der Waals surface area contributed by atoms with Gasteiger partial charge in [-0.3, -0.25) is 14.6 Å². The number of carbonyl (C=O) groups excluding carboxylic acids is 3. The number of pyridine rings is 1. The summed E-state index contributed by atoms with van der Waals surface area (Å²) < 4.78 is 31.8. The number of hydrogen-bond acceptors (Lipinski definition) is 8. The van der Waals surface area contributed by atoms with Crippen LogP contribution in [0.4, 0.5) is 15.8 Å². The summed E-state index contributed by atoms with van der Waals surface area (Å²) in [7, 11) is 1.42. The molecule has 216 valence electrons. The van der Waals surface area contributed by atoms with E-state index in [4.69, 9.17) is 25.8 Å². The van der Waals surface area contributed by atoms with Crippen molar-refractivity contribution in [2.24, 2.45) is 5.41 Å². The normalized spacial score (nSPS) is 12.9. The van der Waals surface area contributed by atoms with E-state index >= 15 is 4.39 Å². The first kappa shape index (κ1) is 32.6. The molecule has 3 aromatic carbocycles. The first-order chi connectivity index (χ1) is 20.2. The molecule has 0 radical (unpaired) electrons. The minimum Gasteiger partial charge on any atom is -0.550 e. The zero-order chi connectivity index (χ0) is 29.9.